The van der Waals surface area contributed by atoms with Gasteiger partial charge < -0.3 is 5.32 Å². The quantitative estimate of drug-likeness (QED) is 0.146. The van der Waals surface area contributed by atoms with Crippen LogP contribution in [0.1, 0.15) is 151 Å². The van der Waals surface area contributed by atoms with Crippen molar-refractivity contribution in [1.29, 1.82) is 0 Å². The van der Waals surface area contributed by atoms with Crippen molar-refractivity contribution in [2.24, 2.45) is 15.0 Å². The Hall–Kier alpha value is -5.23. The van der Waals surface area contributed by atoms with Gasteiger partial charge in [-0.25, -0.2) is 15.0 Å². The van der Waals surface area contributed by atoms with Gasteiger partial charge in [0.15, 0.2) is 0 Å². The maximum atomic E-state index is 5.31. The van der Waals surface area contributed by atoms with Crippen LogP contribution >= 0.6 is 0 Å². The second-order valence-corrected chi connectivity index (χ2v) is 16.1. The number of anilines is 1. The normalized spacial score (nSPS) is 16.5. The topological polar surface area (TPSA) is 74.9 Å². The van der Waals surface area contributed by atoms with Crippen molar-refractivity contribution in [1.82, 2.24) is 9.97 Å². The second-order valence-electron chi connectivity index (χ2n) is 16.1. The van der Waals surface area contributed by atoms with Crippen LogP contribution in [-0.4, -0.2) is 27.1 Å². The summed E-state index contributed by atoms with van der Waals surface area (Å²) in [5.41, 5.74) is 14.5. The van der Waals surface area contributed by atoms with E-state index in [9.17, 15) is 0 Å². The van der Waals surface area contributed by atoms with E-state index in [1.54, 1.807) is 0 Å². The van der Waals surface area contributed by atoms with Crippen molar-refractivity contribution in [3.05, 3.63) is 142 Å². The molecule has 0 radical (unpaired) electrons. The lowest BCUT2D eigenvalue weighted by molar-refractivity contribution is 0.551. The maximum Gasteiger partial charge on any atom is 0.0865 e. The molecule has 6 nitrogen and oxygen atoms in total. The summed E-state index contributed by atoms with van der Waals surface area (Å²) in [5.74, 6) is 1.43. The van der Waals surface area contributed by atoms with E-state index in [1.807, 2.05) is 18.2 Å². The summed E-state index contributed by atoms with van der Waals surface area (Å²) in [7, 11) is 0. The predicted molar refractivity (Wildman–Crippen MR) is 230 cm³/mol. The Morgan fingerprint density at radius 1 is 0.574 bits per heavy atom. The third-order valence-electron chi connectivity index (χ3n) is 10.4. The Labute approximate surface area is 323 Å². The average Bonchev–Trinajstić information content (AvgIpc) is 3.31. The van der Waals surface area contributed by atoms with E-state index in [-0.39, 0.29) is 0 Å². The van der Waals surface area contributed by atoms with Gasteiger partial charge in [0.1, 0.15) is 0 Å². The van der Waals surface area contributed by atoms with E-state index in [1.165, 1.54) is 22.3 Å². The number of hydrogen-bond donors (Lipinski definition) is 1. The fourth-order valence-corrected chi connectivity index (χ4v) is 7.31. The maximum absolute atomic E-state index is 5.31. The van der Waals surface area contributed by atoms with Crippen molar-refractivity contribution in [2.75, 3.05) is 5.32 Å². The molecule has 0 saturated heterocycles. The molecule has 5 aromatic rings. The van der Waals surface area contributed by atoms with E-state index in [0.29, 0.717) is 30.1 Å². The number of fused-ring (bicyclic) bond motifs is 1. The summed E-state index contributed by atoms with van der Waals surface area (Å²) in [6.07, 6.45) is 0.572. The molecule has 1 aliphatic heterocycles. The lowest BCUT2D eigenvalue weighted by Crippen LogP contribution is -2.35. The summed E-state index contributed by atoms with van der Waals surface area (Å²) < 4.78 is 0. The zero-order valence-electron chi connectivity index (χ0n) is 34.0. The molecule has 6 heteroatoms. The highest BCUT2D eigenvalue weighted by molar-refractivity contribution is 6.05. The minimum atomic E-state index is -0.593. The first kappa shape index (κ1) is 38.5. The van der Waals surface area contributed by atoms with Crippen LogP contribution in [-0.2, 0) is 5.54 Å². The van der Waals surface area contributed by atoms with Crippen LogP contribution < -0.4 is 5.32 Å². The zero-order valence-corrected chi connectivity index (χ0v) is 34.0. The van der Waals surface area contributed by atoms with Gasteiger partial charge >= 0.3 is 0 Å². The van der Waals surface area contributed by atoms with Crippen LogP contribution in [0.5, 0.6) is 0 Å². The van der Waals surface area contributed by atoms with Gasteiger partial charge in [-0.15, -0.1) is 0 Å². The van der Waals surface area contributed by atoms with E-state index < -0.39 is 5.54 Å². The van der Waals surface area contributed by atoms with E-state index >= 15 is 0 Å². The Kier molecular flexibility index (Phi) is 11.4. The predicted octanol–water partition coefficient (Wildman–Crippen LogP) is 13.1. The highest BCUT2D eigenvalue weighted by atomic mass is 15.0. The number of rotatable bonds is 10. The number of nitrogens with zero attached hydrogens (tertiary/aromatic N) is 5. The van der Waals surface area contributed by atoms with Crippen molar-refractivity contribution in [2.45, 2.75) is 112 Å². The molecule has 0 bridgehead atoms. The summed E-state index contributed by atoms with van der Waals surface area (Å²) in [4.78, 5) is 26.3. The smallest absolute Gasteiger partial charge is 0.0865 e. The van der Waals surface area contributed by atoms with Crippen molar-refractivity contribution in [3.8, 4) is 0 Å². The Morgan fingerprint density at radius 2 is 1.04 bits per heavy atom. The average molecular weight is 717 g/mol. The third kappa shape index (κ3) is 8.13. The van der Waals surface area contributed by atoms with Gasteiger partial charge in [-0.05, 0) is 103 Å². The Balaban J connectivity index is 1.40. The first-order valence-electron chi connectivity index (χ1n) is 19.5. The number of benzene rings is 3. The molecular weight excluding hydrogens is 661 g/mol. The summed E-state index contributed by atoms with van der Waals surface area (Å²) >= 11 is 0. The van der Waals surface area contributed by atoms with Crippen LogP contribution in [0.15, 0.2) is 112 Å². The molecule has 1 aliphatic rings. The minimum Gasteiger partial charge on any atom is -0.372 e. The molecule has 0 saturated carbocycles. The van der Waals surface area contributed by atoms with Crippen LogP contribution in [0.2, 0.25) is 0 Å². The van der Waals surface area contributed by atoms with Crippen LogP contribution in [0.3, 0.4) is 0 Å². The number of nitrogens with one attached hydrogen (secondary N) is 1. The molecule has 54 heavy (non-hydrogen) atoms. The summed E-state index contributed by atoms with van der Waals surface area (Å²) in [6, 6.07) is 33.8. The van der Waals surface area contributed by atoms with Crippen molar-refractivity contribution >= 4 is 39.9 Å². The number of aliphatic imine (C=N–C) groups is 3. The molecular formula is C48H56N6. The molecule has 2 aromatic heterocycles. The number of aromatic nitrogens is 2. The summed E-state index contributed by atoms with van der Waals surface area (Å²) in [6.45, 7) is 24.2. The van der Waals surface area contributed by atoms with Crippen LogP contribution in [0.4, 0.5) is 22.7 Å². The lowest BCUT2D eigenvalue weighted by Gasteiger charge is -2.31. The zero-order chi connectivity index (χ0) is 38.7. The molecule has 3 aromatic carbocycles. The highest BCUT2D eigenvalue weighted by Crippen LogP contribution is 2.40. The molecule has 0 fully saturated rings. The number of para-hydroxylation sites is 4. The lowest BCUT2D eigenvalue weighted by atomic mass is 9.88. The van der Waals surface area contributed by atoms with Gasteiger partial charge in [0.2, 0.25) is 0 Å². The van der Waals surface area contributed by atoms with Crippen molar-refractivity contribution < 1.29 is 0 Å². The first-order chi connectivity index (χ1) is 25.8. The first-order valence-corrected chi connectivity index (χ1v) is 19.5. The molecule has 6 rings (SSSR count). The molecule has 278 valence electrons. The van der Waals surface area contributed by atoms with Crippen LogP contribution in [0, 0.1) is 0 Å². The molecule has 0 unspecified atom stereocenters. The second kappa shape index (κ2) is 16.0. The van der Waals surface area contributed by atoms with Gasteiger partial charge in [-0.1, -0.05) is 116 Å². The van der Waals surface area contributed by atoms with Crippen molar-refractivity contribution in [3.63, 3.8) is 0 Å². The van der Waals surface area contributed by atoms with Gasteiger partial charge in [-0.3, -0.25) is 9.98 Å². The number of hydrogen-bond acceptors (Lipinski definition) is 6. The Bertz CT molecular complexity index is 2190. The van der Waals surface area contributed by atoms with E-state index in [0.717, 1.165) is 62.7 Å². The SMILES string of the molecule is CC(=Nc1c(C(C)C)cccc1C(C)C)c1cccc(C2=Nc3ccccc3N[C@@](C)(c3cccc(C(C)=Nc4c(C(C)C)cccc4C(C)C)n3)C2)n1. The van der Waals surface area contributed by atoms with Gasteiger partial charge in [-0.2, -0.15) is 0 Å². The van der Waals surface area contributed by atoms with Gasteiger partial charge in [0, 0.05) is 6.42 Å². The standard InChI is InChI=1S/C48H56N6/c1-29(2)35-18-14-19-36(30(3)4)46(35)49-33(9)39-24-16-26-42(51-39)44-28-48(11,54-43-23-13-12-22-41(43)52-44)45-27-17-25-40(53-45)34(10)50-47-37(31(5)6)20-15-21-38(47)32(7)8/h12-27,29-32,54H,28H2,1-11H3/t48-/m1/s1. The third-order valence-corrected chi connectivity index (χ3v) is 10.4. The molecule has 0 amide bonds. The molecule has 1 N–H and O–H groups in total. The largest absolute Gasteiger partial charge is 0.372 e. The van der Waals surface area contributed by atoms with Crippen LogP contribution in [0.25, 0.3) is 0 Å². The summed E-state index contributed by atoms with van der Waals surface area (Å²) in [5, 5.41) is 3.85. The number of pyridine rings is 2. The minimum absolute atomic E-state index is 0.357. The Morgan fingerprint density at radius 3 is 1.56 bits per heavy atom. The van der Waals surface area contributed by atoms with Gasteiger partial charge in [0.25, 0.3) is 0 Å². The fourth-order valence-electron chi connectivity index (χ4n) is 7.31. The van der Waals surface area contributed by atoms with Gasteiger partial charge in [0.05, 0.1) is 68.2 Å². The molecule has 1 atom stereocenters. The molecule has 0 aliphatic carbocycles. The van der Waals surface area contributed by atoms with E-state index in [4.69, 9.17) is 24.9 Å². The highest BCUT2D eigenvalue weighted by Gasteiger charge is 2.34. The van der Waals surface area contributed by atoms with E-state index in [2.05, 4.69) is 160 Å². The molecule has 3 heterocycles. The fraction of sp³-hybridized carbons (Fsp3) is 0.354. The molecule has 0 spiro atoms. The monoisotopic (exact) mass is 716 g/mol.